The van der Waals surface area contributed by atoms with Gasteiger partial charge < -0.3 is 9.90 Å². The Kier molecular flexibility index (Phi) is 7.22. The maximum Gasteiger partial charge on any atom is 1.00 e. The van der Waals surface area contributed by atoms with E-state index >= 15 is 0 Å². The second-order valence-electron chi connectivity index (χ2n) is 2.06. The predicted molar refractivity (Wildman–Crippen MR) is 40.5 cm³/mol. The first-order valence-corrected chi connectivity index (χ1v) is 3.23. The van der Waals surface area contributed by atoms with E-state index in [1.54, 1.807) is 0 Å². The summed E-state index contributed by atoms with van der Waals surface area (Å²) in [5.41, 5.74) is 0.858. The van der Waals surface area contributed by atoms with E-state index < -0.39 is 5.97 Å². The second kappa shape index (κ2) is 6.94. The summed E-state index contributed by atoms with van der Waals surface area (Å²) in [6.07, 6.45) is 2.50. The third-order valence-corrected chi connectivity index (χ3v) is 1.21. The molecule has 12 heavy (non-hydrogen) atoms. The number of carbonyl (C=O) groups is 1. The molecule has 3 heteroatoms. The molecule has 0 spiro atoms. The molecule has 0 unspecified atom stereocenters. The Balaban J connectivity index is 0.00000121. The van der Waals surface area contributed by atoms with Crippen LogP contribution in [0.5, 0.6) is 0 Å². The minimum atomic E-state index is -1.17. The molecule has 1 aromatic carbocycles. The molecule has 0 atom stereocenters. The normalized spacial score (nSPS) is 9.33. The number of rotatable bonds is 2. The van der Waals surface area contributed by atoms with Crippen LogP contribution in [0, 0.1) is 0 Å². The van der Waals surface area contributed by atoms with Gasteiger partial charge in [0.15, 0.2) is 0 Å². The van der Waals surface area contributed by atoms with E-state index in [9.17, 15) is 9.90 Å². The van der Waals surface area contributed by atoms with Crippen LogP contribution in [0.1, 0.15) is 5.56 Å². The number of carboxylic acids is 1. The molecule has 56 valence electrons. The number of carbonyl (C=O) groups excluding carboxylic acids is 1. The number of hydrogen-bond donors (Lipinski definition) is 0. The Morgan fingerprint density at radius 1 is 1.25 bits per heavy atom. The van der Waals surface area contributed by atoms with E-state index in [-0.39, 0.29) is 68.9 Å². The van der Waals surface area contributed by atoms with E-state index in [4.69, 9.17) is 0 Å². The minimum absolute atomic E-state index is 0. The largest absolute Gasteiger partial charge is 1.00 e. The van der Waals surface area contributed by atoms with Gasteiger partial charge in [0.2, 0.25) is 0 Å². The Morgan fingerprint density at radius 3 is 2.33 bits per heavy atom. The molecule has 2 nitrogen and oxygen atoms in total. The van der Waals surface area contributed by atoms with Crippen molar-refractivity contribution in [1.82, 2.24) is 0 Å². The summed E-state index contributed by atoms with van der Waals surface area (Å²) in [7, 11) is 0. The first kappa shape index (κ1) is 12.5. The van der Waals surface area contributed by atoms with Crippen molar-refractivity contribution < 1.29 is 78.8 Å². The van der Waals surface area contributed by atoms with E-state index in [0.29, 0.717) is 0 Å². The molecule has 0 radical (unpaired) electrons. The summed E-state index contributed by atoms with van der Waals surface area (Å²) in [5.74, 6) is -1.17. The maximum absolute atomic E-state index is 9.97. The van der Waals surface area contributed by atoms with Crippen LogP contribution in [-0.4, -0.2) is 5.97 Å². The Labute approximate surface area is 130 Å². The second-order valence-corrected chi connectivity index (χ2v) is 2.06. The van der Waals surface area contributed by atoms with Crippen LogP contribution in [0.3, 0.4) is 0 Å². The summed E-state index contributed by atoms with van der Waals surface area (Å²) in [6.45, 7) is 0. The van der Waals surface area contributed by atoms with Crippen LogP contribution < -0.4 is 74.0 Å². The Hall–Kier alpha value is 0.482. The zero-order valence-corrected chi connectivity index (χ0v) is 13.1. The van der Waals surface area contributed by atoms with Gasteiger partial charge in [0.25, 0.3) is 0 Å². The Morgan fingerprint density at radius 2 is 1.83 bits per heavy atom. The predicted octanol–water partition coefficient (Wildman–Crippen LogP) is -2.55. The molecule has 1 rings (SSSR count). The van der Waals surface area contributed by atoms with Gasteiger partial charge in [0, 0.05) is 0 Å². The molecule has 0 saturated heterocycles. The molecule has 0 bridgehead atoms. The summed E-state index contributed by atoms with van der Waals surface area (Å²) >= 11 is 0. The number of aliphatic carboxylic acids is 1. The van der Waals surface area contributed by atoms with E-state index in [1.807, 2.05) is 30.3 Å². The maximum atomic E-state index is 9.97. The van der Waals surface area contributed by atoms with Gasteiger partial charge in [-0.05, 0) is 11.6 Å². The molecule has 0 N–H and O–H groups in total. The zero-order chi connectivity index (χ0) is 8.10. The van der Waals surface area contributed by atoms with Crippen molar-refractivity contribution in [1.29, 1.82) is 0 Å². The van der Waals surface area contributed by atoms with E-state index in [1.165, 1.54) is 6.08 Å². The van der Waals surface area contributed by atoms with Gasteiger partial charge in [-0.3, -0.25) is 0 Å². The minimum Gasteiger partial charge on any atom is -0.545 e. The fourth-order valence-corrected chi connectivity index (χ4v) is 0.728. The third-order valence-electron chi connectivity index (χ3n) is 1.21. The average Bonchev–Trinajstić information content (AvgIpc) is 2.03. The van der Waals surface area contributed by atoms with Crippen molar-refractivity contribution in [3.63, 3.8) is 0 Å². The van der Waals surface area contributed by atoms with Crippen LogP contribution in [0.4, 0.5) is 0 Å². The number of hydrogen-bond acceptors (Lipinski definition) is 2. The van der Waals surface area contributed by atoms with Gasteiger partial charge in [0.1, 0.15) is 0 Å². The van der Waals surface area contributed by atoms with Gasteiger partial charge in [-0.25, -0.2) is 0 Å². The monoisotopic (exact) mass is 280 g/mol. The molecular formula is C9H7CsO2. The first-order chi connectivity index (χ1) is 5.29. The SMILES string of the molecule is O=C([O-])C=Cc1ccccc1.[Cs+]. The molecule has 0 fully saturated rings. The van der Waals surface area contributed by atoms with Crippen molar-refractivity contribution >= 4 is 12.0 Å². The summed E-state index contributed by atoms with van der Waals surface area (Å²) in [5, 5.41) is 9.97. The van der Waals surface area contributed by atoms with Gasteiger partial charge in [-0.2, -0.15) is 0 Å². The zero-order valence-electron chi connectivity index (χ0n) is 6.86. The molecule has 0 aliphatic heterocycles. The molecule has 0 amide bonds. The fourth-order valence-electron chi connectivity index (χ4n) is 0.728. The topological polar surface area (TPSA) is 40.1 Å². The molecule has 1 aromatic rings. The van der Waals surface area contributed by atoms with E-state index in [0.717, 1.165) is 11.6 Å². The van der Waals surface area contributed by atoms with Crippen molar-refractivity contribution in [3.05, 3.63) is 42.0 Å². The first-order valence-electron chi connectivity index (χ1n) is 3.23. The van der Waals surface area contributed by atoms with Crippen molar-refractivity contribution in [2.75, 3.05) is 0 Å². The number of carboxylic acid groups (broad SMARTS) is 1. The van der Waals surface area contributed by atoms with Crippen molar-refractivity contribution in [3.8, 4) is 0 Å². The quantitative estimate of drug-likeness (QED) is 0.560. The standard InChI is InChI=1S/C9H8O2.Cs/c10-9(11)7-6-8-4-2-1-3-5-8;/h1-7H,(H,10,11);/q;+1/p-1. The van der Waals surface area contributed by atoms with Crippen LogP contribution in [0.25, 0.3) is 6.08 Å². The molecular weight excluding hydrogens is 273 g/mol. The van der Waals surface area contributed by atoms with E-state index in [2.05, 4.69) is 0 Å². The molecule has 0 aromatic heterocycles. The van der Waals surface area contributed by atoms with Gasteiger partial charge in [-0.15, -0.1) is 0 Å². The van der Waals surface area contributed by atoms with Gasteiger partial charge in [-0.1, -0.05) is 36.4 Å². The summed E-state index contributed by atoms with van der Waals surface area (Å²) in [4.78, 5) is 9.97. The average molecular weight is 280 g/mol. The molecule has 0 aliphatic rings. The molecule has 0 aliphatic carbocycles. The smallest absolute Gasteiger partial charge is 0.545 e. The molecule has 0 saturated carbocycles. The summed E-state index contributed by atoms with van der Waals surface area (Å²) < 4.78 is 0. The van der Waals surface area contributed by atoms with Gasteiger partial charge >= 0.3 is 68.9 Å². The fraction of sp³-hybridized carbons (Fsp3) is 0. The third kappa shape index (κ3) is 5.18. The molecule has 0 heterocycles. The van der Waals surface area contributed by atoms with Crippen LogP contribution in [-0.2, 0) is 4.79 Å². The van der Waals surface area contributed by atoms with Gasteiger partial charge in [0.05, 0.1) is 5.97 Å². The van der Waals surface area contributed by atoms with Crippen molar-refractivity contribution in [2.45, 2.75) is 0 Å². The van der Waals surface area contributed by atoms with Crippen LogP contribution in [0.2, 0.25) is 0 Å². The number of benzene rings is 1. The van der Waals surface area contributed by atoms with Crippen molar-refractivity contribution in [2.24, 2.45) is 0 Å². The summed E-state index contributed by atoms with van der Waals surface area (Å²) in [6, 6.07) is 9.19. The van der Waals surface area contributed by atoms with Crippen LogP contribution in [0.15, 0.2) is 36.4 Å². The Bertz CT molecular complexity index is 267. The van der Waals surface area contributed by atoms with Crippen LogP contribution >= 0.6 is 0 Å².